The topological polar surface area (TPSA) is 12.5 Å². The summed E-state index contributed by atoms with van der Waals surface area (Å²) in [6, 6.07) is 0. The van der Waals surface area contributed by atoms with Crippen molar-refractivity contribution in [1.82, 2.24) is 4.90 Å². The molecule has 0 unspecified atom stereocenters. The van der Waals surface area contributed by atoms with Crippen LogP contribution in [-0.2, 0) is 4.74 Å². The van der Waals surface area contributed by atoms with Crippen molar-refractivity contribution >= 4 is 0 Å². The van der Waals surface area contributed by atoms with Crippen molar-refractivity contribution < 1.29 is 4.74 Å². The van der Waals surface area contributed by atoms with E-state index in [1.807, 2.05) is 0 Å². The molecule has 74 valence electrons. The van der Waals surface area contributed by atoms with Crippen LogP contribution in [0.1, 0.15) is 20.3 Å². The Labute approximate surface area is 81.3 Å². The lowest BCUT2D eigenvalue weighted by molar-refractivity contribution is 0.0345. The molecule has 1 saturated heterocycles. The van der Waals surface area contributed by atoms with Gasteiger partial charge in [-0.05, 0) is 26.8 Å². The van der Waals surface area contributed by atoms with E-state index in [0.717, 1.165) is 39.3 Å². The molecule has 0 spiro atoms. The molecule has 0 aromatic carbocycles. The van der Waals surface area contributed by atoms with Gasteiger partial charge in [-0.2, -0.15) is 0 Å². The van der Waals surface area contributed by atoms with E-state index in [4.69, 9.17) is 11.2 Å². The summed E-state index contributed by atoms with van der Waals surface area (Å²) in [5, 5.41) is 0. The Morgan fingerprint density at radius 2 is 2.00 bits per heavy atom. The van der Waals surface area contributed by atoms with Crippen LogP contribution in [0.3, 0.4) is 0 Å². The number of terminal acetylenes is 1. The highest BCUT2D eigenvalue weighted by atomic mass is 16.5. The number of hydrogen-bond acceptors (Lipinski definition) is 2. The fraction of sp³-hybridized carbons (Fsp3) is 0.818. The van der Waals surface area contributed by atoms with Gasteiger partial charge in [-0.1, -0.05) is 0 Å². The lowest BCUT2D eigenvalue weighted by Gasteiger charge is -2.29. The standard InChI is InChI=1S/C11H19NO/c1-4-11(2,3)5-6-12-7-9-13-10-8-12/h1H,5-10H2,2-3H3. The summed E-state index contributed by atoms with van der Waals surface area (Å²) in [7, 11) is 0. The Morgan fingerprint density at radius 3 is 2.54 bits per heavy atom. The van der Waals surface area contributed by atoms with Crippen LogP contribution in [0.4, 0.5) is 0 Å². The zero-order valence-electron chi connectivity index (χ0n) is 8.68. The highest BCUT2D eigenvalue weighted by Crippen LogP contribution is 2.19. The molecule has 0 bridgehead atoms. The fourth-order valence-electron chi connectivity index (χ4n) is 1.33. The Bertz CT molecular complexity index is 187. The first-order valence-corrected chi connectivity index (χ1v) is 4.92. The van der Waals surface area contributed by atoms with Gasteiger partial charge < -0.3 is 4.74 Å². The van der Waals surface area contributed by atoms with Crippen molar-refractivity contribution in [3.05, 3.63) is 0 Å². The predicted octanol–water partition coefficient (Wildman–Crippen LogP) is 1.37. The molecule has 1 rings (SSSR count). The van der Waals surface area contributed by atoms with Crippen molar-refractivity contribution in [2.45, 2.75) is 20.3 Å². The third kappa shape index (κ3) is 3.80. The molecule has 0 saturated carbocycles. The van der Waals surface area contributed by atoms with E-state index in [1.165, 1.54) is 0 Å². The molecule has 1 fully saturated rings. The summed E-state index contributed by atoms with van der Waals surface area (Å²) in [6.07, 6.45) is 6.50. The van der Waals surface area contributed by atoms with Crippen LogP contribution in [0.25, 0.3) is 0 Å². The van der Waals surface area contributed by atoms with E-state index < -0.39 is 0 Å². The number of hydrogen-bond donors (Lipinski definition) is 0. The molecular weight excluding hydrogens is 162 g/mol. The molecule has 2 heteroatoms. The Balaban J connectivity index is 2.22. The minimum Gasteiger partial charge on any atom is -0.379 e. The number of rotatable bonds is 3. The van der Waals surface area contributed by atoms with E-state index in [2.05, 4.69) is 24.7 Å². The third-order valence-corrected chi connectivity index (χ3v) is 2.55. The van der Waals surface area contributed by atoms with Crippen LogP contribution in [0.15, 0.2) is 0 Å². The van der Waals surface area contributed by atoms with Crippen LogP contribution < -0.4 is 0 Å². The molecule has 13 heavy (non-hydrogen) atoms. The quantitative estimate of drug-likeness (QED) is 0.610. The van der Waals surface area contributed by atoms with Gasteiger partial charge in [-0.3, -0.25) is 4.90 Å². The fourth-order valence-corrected chi connectivity index (χ4v) is 1.33. The maximum atomic E-state index is 5.43. The lowest BCUT2D eigenvalue weighted by Crippen LogP contribution is -2.38. The Hall–Kier alpha value is -0.520. The van der Waals surface area contributed by atoms with E-state index in [0.29, 0.717) is 0 Å². The van der Waals surface area contributed by atoms with E-state index in [-0.39, 0.29) is 5.41 Å². The van der Waals surface area contributed by atoms with Gasteiger partial charge >= 0.3 is 0 Å². The van der Waals surface area contributed by atoms with Crippen molar-refractivity contribution in [3.63, 3.8) is 0 Å². The van der Waals surface area contributed by atoms with Gasteiger partial charge in [0.25, 0.3) is 0 Å². The van der Waals surface area contributed by atoms with Gasteiger partial charge in [0.1, 0.15) is 0 Å². The van der Waals surface area contributed by atoms with Gasteiger partial charge in [0.2, 0.25) is 0 Å². The summed E-state index contributed by atoms with van der Waals surface area (Å²) >= 11 is 0. The second-order valence-corrected chi connectivity index (χ2v) is 4.23. The molecule has 1 heterocycles. The first-order chi connectivity index (χ1) is 6.14. The van der Waals surface area contributed by atoms with Crippen LogP contribution >= 0.6 is 0 Å². The lowest BCUT2D eigenvalue weighted by atomic mass is 9.90. The summed E-state index contributed by atoms with van der Waals surface area (Å²) in [6.45, 7) is 9.19. The molecule has 1 aliphatic heterocycles. The Kier molecular flexibility index (Phi) is 3.77. The van der Waals surface area contributed by atoms with Crippen molar-refractivity contribution in [1.29, 1.82) is 0 Å². The van der Waals surface area contributed by atoms with Gasteiger partial charge in [-0.15, -0.1) is 12.3 Å². The summed E-state index contributed by atoms with van der Waals surface area (Å²) in [5.74, 6) is 2.82. The second kappa shape index (κ2) is 4.64. The van der Waals surface area contributed by atoms with E-state index in [1.54, 1.807) is 0 Å². The molecule has 0 atom stereocenters. The molecule has 0 radical (unpaired) electrons. The average molecular weight is 181 g/mol. The molecule has 0 amide bonds. The van der Waals surface area contributed by atoms with Crippen LogP contribution in [0.2, 0.25) is 0 Å². The zero-order valence-corrected chi connectivity index (χ0v) is 8.68. The monoisotopic (exact) mass is 181 g/mol. The second-order valence-electron chi connectivity index (χ2n) is 4.23. The van der Waals surface area contributed by atoms with E-state index >= 15 is 0 Å². The molecule has 0 aromatic heterocycles. The summed E-state index contributed by atoms with van der Waals surface area (Å²) in [5.41, 5.74) is 0.0400. The Morgan fingerprint density at radius 1 is 1.38 bits per heavy atom. The number of morpholine rings is 1. The zero-order chi connectivity index (χ0) is 9.73. The van der Waals surface area contributed by atoms with Crippen LogP contribution in [0.5, 0.6) is 0 Å². The number of ether oxygens (including phenoxy) is 1. The molecule has 0 aliphatic carbocycles. The molecular formula is C11H19NO. The van der Waals surface area contributed by atoms with Crippen LogP contribution in [-0.4, -0.2) is 37.7 Å². The molecule has 0 aromatic rings. The smallest absolute Gasteiger partial charge is 0.0594 e. The number of nitrogens with zero attached hydrogens (tertiary/aromatic N) is 1. The minimum atomic E-state index is 0.0400. The maximum absolute atomic E-state index is 5.43. The van der Waals surface area contributed by atoms with Crippen LogP contribution in [0, 0.1) is 17.8 Å². The van der Waals surface area contributed by atoms with Crippen molar-refractivity contribution in [3.8, 4) is 12.3 Å². The first kappa shape index (κ1) is 10.6. The van der Waals surface area contributed by atoms with Gasteiger partial charge in [0.15, 0.2) is 0 Å². The average Bonchev–Trinajstić information content (AvgIpc) is 2.17. The highest BCUT2D eigenvalue weighted by molar-refractivity contribution is 5.00. The minimum absolute atomic E-state index is 0.0400. The summed E-state index contributed by atoms with van der Waals surface area (Å²) < 4.78 is 5.28. The van der Waals surface area contributed by atoms with E-state index in [9.17, 15) is 0 Å². The van der Waals surface area contributed by atoms with Gasteiger partial charge in [0, 0.05) is 18.5 Å². The predicted molar refractivity (Wildman–Crippen MR) is 54.5 cm³/mol. The third-order valence-electron chi connectivity index (χ3n) is 2.55. The molecule has 1 aliphatic rings. The van der Waals surface area contributed by atoms with Crippen molar-refractivity contribution in [2.24, 2.45) is 5.41 Å². The molecule has 2 nitrogen and oxygen atoms in total. The SMILES string of the molecule is C#CC(C)(C)CCN1CCOCC1. The first-order valence-electron chi connectivity index (χ1n) is 4.92. The highest BCUT2D eigenvalue weighted by Gasteiger charge is 2.17. The van der Waals surface area contributed by atoms with Gasteiger partial charge in [0.05, 0.1) is 13.2 Å². The van der Waals surface area contributed by atoms with Gasteiger partial charge in [-0.25, -0.2) is 0 Å². The largest absolute Gasteiger partial charge is 0.379 e. The van der Waals surface area contributed by atoms with Crippen molar-refractivity contribution in [2.75, 3.05) is 32.8 Å². The maximum Gasteiger partial charge on any atom is 0.0594 e. The molecule has 0 N–H and O–H groups in total. The summed E-state index contributed by atoms with van der Waals surface area (Å²) in [4.78, 5) is 2.42. The normalized spacial score (nSPS) is 19.8.